The number of imidazole rings is 1. The lowest BCUT2D eigenvalue weighted by Crippen LogP contribution is -2.07. The highest BCUT2D eigenvalue weighted by molar-refractivity contribution is 5.62. The monoisotopic (exact) mass is 215 g/mol. The topological polar surface area (TPSA) is 29.9 Å². The van der Waals surface area contributed by atoms with E-state index in [1.807, 2.05) is 20.4 Å². The van der Waals surface area contributed by atoms with Gasteiger partial charge in [0.05, 0.1) is 17.7 Å². The molecule has 0 amide bonds. The fourth-order valence-corrected chi connectivity index (χ4v) is 1.86. The van der Waals surface area contributed by atoms with E-state index in [2.05, 4.69) is 46.1 Å². The van der Waals surface area contributed by atoms with E-state index in [0.29, 0.717) is 0 Å². The standard InChI is InChI=1S/C13H17N3/c1-10-4-6-11(7-5-10)13-12(8-14-2)15-9-16(13)3/h4-7,9,14H,8H2,1-3H3. The summed E-state index contributed by atoms with van der Waals surface area (Å²) in [6.45, 7) is 2.89. The Balaban J connectivity index is 2.45. The number of nitrogens with one attached hydrogen (secondary N) is 1. The minimum atomic E-state index is 0.796. The van der Waals surface area contributed by atoms with Crippen LogP contribution in [0.15, 0.2) is 30.6 Å². The first-order valence-electron chi connectivity index (χ1n) is 5.44. The maximum absolute atomic E-state index is 4.40. The maximum Gasteiger partial charge on any atom is 0.0952 e. The number of aryl methyl sites for hydroxylation is 2. The largest absolute Gasteiger partial charge is 0.333 e. The van der Waals surface area contributed by atoms with Crippen LogP contribution >= 0.6 is 0 Å². The number of nitrogens with zero attached hydrogens (tertiary/aromatic N) is 2. The molecule has 0 saturated heterocycles. The molecule has 2 aromatic rings. The molecule has 1 N–H and O–H groups in total. The van der Waals surface area contributed by atoms with Crippen molar-refractivity contribution in [2.75, 3.05) is 7.05 Å². The smallest absolute Gasteiger partial charge is 0.0952 e. The molecule has 3 heteroatoms. The van der Waals surface area contributed by atoms with E-state index < -0.39 is 0 Å². The van der Waals surface area contributed by atoms with Gasteiger partial charge in [0.2, 0.25) is 0 Å². The van der Waals surface area contributed by atoms with E-state index in [4.69, 9.17) is 0 Å². The van der Waals surface area contributed by atoms with E-state index in [1.165, 1.54) is 16.8 Å². The van der Waals surface area contributed by atoms with Crippen LogP contribution < -0.4 is 5.32 Å². The summed E-state index contributed by atoms with van der Waals surface area (Å²) in [4.78, 5) is 4.40. The maximum atomic E-state index is 4.40. The van der Waals surface area contributed by atoms with E-state index >= 15 is 0 Å². The highest BCUT2D eigenvalue weighted by Gasteiger charge is 2.09. The van der Waals surface area contributed by atoms with Gasteiger partial charge in [-0.15, -0.1) is 0 Å². The Labute approximate surface area is 96.1 Å². The lowest BCUT2D eigenvalue weighted by molar-refractivity contribution is 0.797. The number of hydrogen-bond acceptors (Lipinski definition) is 2. The number of rotatable bonds is 3. The molecule has 2 rings (SSSR count). The molecule has 0 fully saturated rings. The van der Waals surface area contributed by atoms with Crippen LogP contribution in [0.4, 0.5) is 0 Å². The summed E-state index contributed by atoms with van der Waals surface area (Å²) in [5.41, 5.74) is 4.78. The molecular formula is C13H17N3. The summed E-state index contributed by atoms with van der Waals surface area (Å²) in [7, 11) is 3.97. The van der Waals surface area contributed by atoms with E-state index in [-0.39, 0.29) is 0 Å². The predicted molar refractivity (Wildman–Crippen MR) is 66.1 cm³/mol. The van der Waals surface area contributed by atoms with Crippen LogP contribution in [0.1, 0.15) is 11.3 Å². The van der Waals surface area contributed by atoms with Crippen molar-refractivity contribution in [2.45, 2.75) is 13.5 Å². The summed E-state index contributed by atoms with van der Waals surface area (Å²) in [5, 5.41) is 3.14. The Kier molecular flexibility index (Phi) is 3.06. The molecule has 1 heterocycles. The Hall–Kier alpha value is -1.61. The van der Waals surface area contributed by atoms with Gasteiger partial charge in [-0.1, -0.05) is 29.8 Å². The summed E-state index contributed by atoms with van der Waals surface area (Å²) < 4.78 is 2.07. The van der Waals surface area contributed by atoms with Crippen LogP contribution in [0.3, 0.4) is 0 Å². The van der Waals surface area contributed by atoms with Crippen LogP contribution in [0.5, 0.6) is 0 Å². The van der Waals surface area contributed by atoms with Crippen LogP contribution in [0.2, 0.25) is 0 Å². The van der Waals surface area contributed by atoms with Gasteiger partial charge in [-0.05, 0) is 14.0 Å². The molecule has 0 aliphatic rings. The molecule has 1 aromatic carbocycles. The van der Waals surface area contributed by atoms with Crippen molar-refractivity contribution < 1.29 is 0 Å². The van der Waals surface area contributed by atoms with E-state index in [1.54, 1.807) is 0 Å². The molecule has 1 aromatic heterocycles. The highest BCUT2D eigenvalue weighted by Crippen LogP contribution is 2.22. The van der Waals surface area contributed by atoms with Crippen LogP contribution in [0.25, 0.3) is 11.3 Å². The first-order valence-corrected chi connectivity index (χ1v) is 5.44. The van der Waals surface area contributed by atoms with Gasteiger partial charge in [-0.3, -0.25) is 0 Å². The van der Waals surface area contributed by atoms with Crippen molar-refractivity contribution in [2.24, 2.45) is 7.05 Å². The predicted octanol–water partition coefficient (Wildman–Crippen LogP) is 2.11. The minimum Gasteiger partial charge on any atom is -0.333 e. The summed E-state index contributed by atoms with van der Waals surface area (Å²) >= 11 is 0. The molecule has 0 radical (unpaired) electrons. The molecule has 0 aliphatic carbocycles. The quantitative estimate of drug-likeness (QED) is 0.850. The molecule has 0 aliphatic heterocycles. The molecule has 0 bridgehead atoms. The molecule has 0 saturated carbocycles. The van der Waals surface area contributed by atoms with Gasteiger partial charge in [0.1, 0.15) is 0 Å². The Morgan fingerprint density at radius 2 is 1.94 bits per heavy atom. The Bertz CT molecular complexity index is 468. The summed E-state index contributed by atoms with van der Waals surface area (Å²) in [6.07, 6.45) is 1.86. The van der Waals surface area contributed by atoms with Gasteiger partial charge in [0.15, 0.2) is 0 Å². The number of benzene rings is 1. The average molecular weight is 215 g/mol. The van der Waals surface area contributed by atoms with Crippen molar-refractivity contribution in [3.63, 3.8) is 0 Å². The number of aromatic nitrogens is 2. The van der Waals surface area contributed by atoms with Gasteiger partial charge in [-0.2, -0.15) is 0 Å². The van der Waals surface area contributed by atoms with Crippen molar-refractivity contribution in [3.05, 3.63) is 41.9 Å². The van der Waals surface area contributed by atoms with Crippen molar-refractivity contribution >= 4 is 0 Å². The second kappa shape index (κ2) is 4.49. The van der Waals surface area contributed by atoms with Crippen molar-refractivity contribution in [1.29, 1.82) is 0 Å². The lowest BCUT2D eigenvalue weighted by Gasteiger charge is -2.06. The summed E-state index contributed by atoms with van der Waals surface area (Å²) in [6, 6.07) is 8.55. The molecule has 0 spiro atoms. The van der Waals surface area contributed by atoms with Crippen molar-refractivity contribution in [1.82, 2.24) is 14.9 Å². The Morgan fingerprint density at radius 1 is 1.25 bits per heavy atom. The van der Waals surface area contributed by atoms with Crippen LogP contribution in [0, 0.1) is 6.92 Å². The Morgan fingerprint density at radius 3 is 2.56 bits per heavy atom. The van der Waals surface area contributed by atoms with Crippen LogP contribution in [-0.2, 0) is 13.6 Å². The second-order valence-electron chi connectivity index (χ2n) is 4.05. The van der Waals surface area contributed by atoms with Gasteiger partial charge in [0.25, 0.3) is 0 Å². The van der Waals surface area contributed by atoms with Gasteiger partial charge >= 0.3 is 0 Å². The molecule has 0 unspecified atom stereocenters. The zero-order chi connectivity index (χ0) is 11.5. The lowest BCUT2D eigenvalue weighted by atomic mass is 10.1. The molecule has 84 valence electrons. The second-order valence-corrected chi connectivity index (χ2v) is 4.05. The fraction of sp³-hybridized carbons (Fsp3) is 0.308. The van der Waals surface area contributed by atoms with Gasteiger partial charge in [-0.25, -0.2) is 4.98 Å². The first-order chi connectivity index (χ1) is 7.72. The zero-order valence-electron chi connectivity index (χ0n) is 9.99. The van der Waals surface area contributed by atoms with Gasteiger partial charge < -0.3 is 9.88 Å². The fourth-order valence-electron chi connectivity index (χ4n) is 1.86. The van der Waals surface area contributed by atoms with Gasteiger partial charge in [0, 0.05) is 19.2 Å². The normalized spacial score (nSPS) is 10.7. The third-order valence-electron chi connectivity index (χ3n) is 2.68. The molecule has 0 atom stereocenters. The number of hydrogen-bond donors (Lipinski definition) is 1. The first kappa shape index (κ1) is 10.9. The SMILES string of the molecule is CNCc1ncn(C)c1-c1ccc(C)cc1. The summed E-state index contributed by atoms with van der Waals surface area (Å²) in [5.74, 6) is 0. The minimum absolute atomic E-state index is 0.796. The molecule has 16 heavy (non-hydrogen) atoms. The zero-order valence-corrected chi connectivity index (χ0v) is 9.99. The van der Waals surface area contributed by atoms with Crippen molar-refractivity contribution in [3.8, 4) is 11.3 Å². The third kappa shape index (κ3) is 1.99. The third-order valence-corrected chi connectivity index (χ3v) is 2.68. The van der Waals surface area contributed by atoms with Crippen LogP contribution in [-0.4, -0.2) is 16.6 Å². The highest BCUT2D eigenvalue weighted by atomic mass is 15.0. The molecular weight excluding hydrogens is 198 g/mol. The average Bonchev–Trinajstić information content (AvgIpc) is 2.62. The van der Waals surface area contributed by atoms with E-state index in [9.17, 15) is 0 Å². The van der Waals surface area contributed by atoms with E-state index in [0.717, 1.165) is 12.2 Å². The molecule has 3 nitrogen and oxygen atoms in total.